The molecule has 0 bridgehead atoms. The van der Waals surface area contributed by atoms with E-state index in [1.54, 1.807) is 0 Å². The van der Waals surface area contributed by atoms with Gasteiger partial charge < -0.3 is 9.26 Å². The maximum atomic E-state index is 8.42. The number of hydrogen-bond donors (Lipinski definition) is 0. The maximum absolute atomic E-state index is 8.42. The van der Waals surface area contributed by atoms with Crippen molar-refractivity contribution in [2.75, 3.05) is 12.4 Å². The Morgan fingerprint density at radius 1 is 1.53 bits per heavy atom. The molecule has 0 aliphatic rings. The first-order valence-corrected chi connectivity index (χ1v) is 6.86. The Morgan fingerprint density at radius 3 is 3.00 bits per heavy atom. The van der Waals surface area contributed by atoms with E-state index in [1.807, 2.05) is 6.92 Å². The van der Waals surface area contributed by atoms with E-state index in [1.165, 1.54) is 11.8 Å². The lowest BCUT2D eigenvalue weighted by molar-refractivity contribution is 0.0478. The van der Waals surface area contributed by atoms with Gasteiger partial charge in [-0.3, -0.25) is 0 Å². The van der Waals surface area contributed by atoms with Crippen LogP contribution in [-0.2, 0) is 10.5 Å². The molecule has 0 aliphatic heterocycles. The van der Waals surface area contributed by atoms with Gasteiger partial charge in [0.1, 0.15) is 6.10 Å². The van der Waals surface area contributed by atoms with E-state index >= 15 is 0 Å². The molecule has 0 aromatic carbocycles. The van der Waals surface area contributed by atoms with Crippen LogP contribution in [0.2, 0.25) is 0 Å². The van der Waals surface area contributed by atoms with Gasteiger partial charge >= 0.3 is 0 Å². The molecule has 1 atom stereocenters. The van der Waals surface area contributed by atoms with Crippen LogP contribution in [0.3, 0.4) is 0 Å². The number of ether oxygens (including phenoxy) is 1. The van der Waals surface area contributed by atoms with Crippen molar-refractivity contribution < 1.29 is 9.26 Å². The predicted octanol–water partition coefficient (Wildman–Crippen LogP) is 2.70. The number of rotatable bonds is 8. The summed E-state index contributed by atoms with van der Waals surface area (Å²) in [5.41, 5.74) is 0. The van der Waals surface area contributed by atoms with Crippen molar-refractivity contribution in [1.29, 1.82) is 5.26 Å². The highest BCUT2D eigenvalue weighted by molar-refractivity contribution is 7.98. The van der Waals surface area contributed by atoms with E-state index in [2.05, 4.69) is 23.1 Å². The minimum atomic E-state index is -0.0801. The molecule has 0 fully saturated rings. The number of nitrogens with zero attached hydrogens (tertiary/aromatic N) is 3. The van der Waals surface area contributed by atoms with E-state index < -0.39 is 0 Å². The molecule has 17 heavy (non-hydrogen) atoms. The van der Waals surface area contributed by atoms with Gasteiger partial charge in [0, 0.05) is 6.61 Å². The third-order valence-corrected chi connectivity index (χ3v) is 2.87. The van der Waals surface area contributed by atoms with Gasteiger partial charge in [0.05, 0.1) is 17.6 Å². The SMILES string of the molecule is CCCC(OCC)c1noc(CSCC#N)n1. The van der Waals surface area contributed by atoms with Gasteiger partial charge in [0.25, 0.3) is 0 Å². The number of nitriles is 1. The molecule has 1 aromatic rings. The van der Waals surface area contributed by atoms with Crippen LogP contribution in [-0.4, -0.2) is 22.5 Å². The lowest BCUT2D eigenvalue weighted by atomic mass is 10.2. The molecule has 1 unspecified atom stereocenters. The topological polar surface area (TPSA) is 71.9 Å². The van der Waals surface area contributed by atoms with Gasteiger partial charge in [-0.15, -0.1) is 11.8 Å². The van der Waals surface area contributed by atoms with Gasteiger partial charge in [0.2, 0.25) is 11.7 Å². The van der Waals surface area contributed by atoms with E-state index in [4.69, 9.17) is 14.5 Å². The molecule has 0 radical (unpaired) electrons. The number of aromatic nitrogens is 2. The Labute approximate surface area is 106 Å². The largest absolute Gasteiger partial charge is 0.370 e. The molecule has 0 saturated heterocycles. The van der Waals surface area contributed by atoms with Crippen molar-refractivity contribution in [2.24, 2.45) is 0 Å². The average Bonchev–Trinajstić information content (AvgIpc) is 2.78. The zero-order valence-electron chi connectivity index (χ0n) is 10.2. The minimum absolute atomic E-state index is 0.0801. The molecule has 5 nitrogen and oxygen atoms in total. The molecule has 1 aromatic heterocycles. The van der Waals surface area contributed by atoms with E-state index in [9.17, 15) is 0 Å². The smallest absolute Gasteiger partial charge is 0.236 e. The van der Waals surface area contributed by atoms with Crippen LogP contribution in [0.4, 0.5) is 0 Å². The molecule has 0 saturated carbocycles. The number of hydrogen-bond acceptors (Lipinski definition) is 6. The van der Waals surface area contributed by atoms with Crippen LogP contribution in [0.25, 0.3) is 0 Å². The maximum Gasteiger partial charge on any atom is 0.236 e. The Morgan fingerprint density at radius 2 is 2.35 bits per heavy atom. The van der Waals surface area contributed by atoms with Crippen LogP contribution in [0, 0.1) is 11.3 Å². The van der Waals surface area contributed by atoms with E-state index in [0.717, 1.165) is 12.8 Å². The zero-order valence-corrected chi connectivity index (χ0v) is 11.0. The Balaban J connectivity index is 2.55. The summed E-state index contributed by atoms with van der Waals surface area (Å²) in [4.78, 5) is 4.29. The molecule has 0 N–H and O–H groups in total. The lowest BCUT2D eigenvalue weighted by Gasteiger charge is -2.10. The average molecular weight is 255 g/mol. The Bertz CT molecular complexity index is 356. The molecule has 1 rings (SSSR count). The first-order chi connectivity index (χ1) is 8.31. The second-order valence-electron chi connectivity index (χ2n) is 3.43. The molecule has 6 heteroatoms. The van der Waals surface area contributed by atoms with E-state index in [-0.39, 0.29) is 6.10 Å². The summed E-state index contributed by atoms with van der Waals surface area (Å²) in [6.45, 7) is 4.68. The summed E-state index contributed by atoms with van der Waals surface area (Å²) in [5.74, 6) is 2.18. The van der Waals surface area contributed by atoms with Crippen LogP contribution < -0.4 is 0 Å². The normalized spacial score (nSPS) is 12.3. The van der Waals surface area contributed by atoms with Gasteiger partial charge in [-0.2, -0.15) is 10.2 Å². The fourth-order valence-electron chi connectivity index (χ4n) is 1.39. The predicted molar refractivity (Wildman–Crippen MR) is 65.3 cm³/mol. The Hall–Kier alpha value is -1.06. The van der Waals surface area contributed by atoms with Crippen molar-refractivity contribution in [3.8, 4) is 6.07 Å². The van der Waals surface area contributed by atoms with Crippen LogP contribution in [0.1, 0.15) is 44.5 Å². The second kappa shape index (κ2) is 8.09. The van der Waals surface area contributed by atoms with Crippen molar-refractivity contribution in [1.82, 2.24) is 10.1 Å². The molecule has 0 aliphatic carbocycles. The van der Waals surface area contributed by atoms with Gasteiger partial charge in [-0.05, 0) is 13.3 Å². The fraction of sp³-hybridized carbons (Fsp3) is 0.727. The van der Waals surface area contributed by atoms with Crippen molar-refractivity contribution in [3.05, 3.63) is 11.7 Å². The highest BCUT2D eigenvalue weighted by atomic mass is 32.2. The first-order valence-electron chi connectivity index (χ1n) is 5.70. The zero-order chi connectivity index (χ0) is 12.5. The summed E-state index contributed by atoms with van der Waals surface area (Å²) < 4.78 is 10.7. The van der Waals surface area contributed by atoms with Crippen LogP contribution in [0.15, 0.2) is 4.52 Å². The van der Waals surface area contributed by atoms with E-state index in [0.29, 0.717) is 29.8 Å². The summed E-state index contributed by atoms with van der Waals surface area (Å²) in [7, 11) is 0. The minimum Gasteiger partial charge on any atom is -0.370 e. The highest BCUT2D eigenvalue weighted by Gasteiger charge is 2.17. The van der Waals surface area contributed by atoms with Gasteiger partial charge in [0.15, 0.2) is 0 Å². The summed E-state index contributed by atoms with van der Waals surface area (Å²) in [5, 5.41) is 12.3. The lowest BCUT2D eigenvalue weighted by Crippen LogP contribution is -2.06. The van der Waals surface area contributed by atoms with Crippen LogP contribution in [0.5, 0.6) is 0 Å². The summed E-state index contributed by atoms with van der Waals surface area (Å²) in [6, 6.07) is 2.06. The molecular formula is C11H17N3O2S. The standard InChI is InChI=1S/C11H17N3O2S/c1-3-5-9(15-4-2)11-13-10(16-14-11)8-17-7-6-12/h9H,3-5,7-8H2,1-2H3. The molecule has 1 heterocycles. The molecule has 0 amide bonds. The number of thioether (sulfide) groups is 1. The quantitative estimate of drug-likeness (QED) is 0.665. The summed E-state index contributed by atoms with van der Waals surface area (Å²) >= 11 is 1.46. The summed E-state index contributed by atoms with van der Waals surface area (Å²) in [6.07, 6.45) is 1.82. The second-order valence-corrected chi connectivity index (χ2v) is 4.42. The molecule has 94 valence electrons. The monoisotopic (exact) mass is 255 g/mol. The fourth-order valence-corrected chi connectivity index (χ4v) is 1.88. The third kappa shape index (κ3) is 4.75. The van der Waals surface area contributed by atoms with Crippen LogP contribution >= 0.6 is 11.8 Å². The van der Waals surface area contributed by atoms with Crippen molar-refractivity contribution in [3.63, 3.8) is 0 Å². The molecule has 0 spiro atoms. The van der Waals surface area contributed by atoms with Gasteiger partial charge in [-0.25, -0.2) is 0 Å². The van der Waals surface area contributed by atoms with Crippen molar-refractivity contribution in [2.45, 2.75) is 38.5 Å². The third-order valence-electron chi connectivity index (χ3n) is 2.08. The highest BCUT2D eigenvalue weighted by Crippen LogP contribution is 2.21. The van der Waals surface area contributed by atoms with Gasteiger partial charge in [-0.1, -0.05) is 18.5 Å². The molecular weight excluding hydrogens is 238 g/mol. The Kier molecular flexibility index (Phi) is 6.67. The van der Waals surface area contributed by atoms with Crippen molar-refractivity contribution >= 4 is 11.8 Å². The first kappa shape index (κ1) is 14.0.